The summed E-state index contributed by atoms with van der Waals surface area (Å²) in [6.45, 7) is 8.99. The minimum absolute atomic E-state index is 0.0699. The zero-order chi connectivity index (χ0) is 19.9. The number of halogens is 4. The van der Waals surface area contributed by atoms with Crippen LogP contribution in [0.2, 0.25) is 0 Å². The monoisotopic (exact) mass is 377 g/mol. The predicted molar refractivity (Wildman–Crippen MR) is 97.6 cm³/mol. The number of hydrogen-bond donors (Lipinski definition) is 0. The fraction of sp³-hybridized carbons (Fsp3) is 0.300. The fourth-order valence-electron chi connectivity index (χ4n) is 3.27. The summed E-state index contributed by atoms with van der Waals surface area (Å²) in [6, 6.07) is 4.01. The molecule has 3 nitrogen and oxygen atoms in total. The number of benzene rings is 1. The molecule has 0 bridgehead atoms. The first-order valence-corrected chi connectivity index (χ1v) is 8.39. The normalized spacial score (nSPS) is 15.6. The van der Waals surface area contributed by atoms with Gasteiger partial charge in [0.15, 0.2) is 11.6 Å². The zero-order valence-electron chi connectivity index (χ0n) is 15.2. The van der Waals surface area contributed by atoms with Crippen LogP contribution in [0.1, 0.15) is 42.7 Å². The Kier molecular flexibility index (Phi) is 4.80. The summed E-state index contributed by atoms with van der Waals surface area (Å²) in [4.78, 5) is 10.1. The molecule has 0 unspecified atom stereocenters. The molecule has 0 N–H and O–H groups in total. The third kappa shape index (κ3) is 3.22. The van der Waals surface area contributed by atoms with E-state index >= 15 is 0 Å². The van der Waals surface area contributed by atoms with Gasteiger partial charge in [-0.2, -0.15) is 0 Å². The second-order valence-electron chi connectivity index (χ2n) is 6.84. The Morgan fingerprint density at radius 1 is 1.26 bits per heavy atom. The molecule has 1 aromatic carbocycles. The first kappa shape index (κ1) is 19.1. The Morgan fingerprint density at radius 2 is 1.96 bits per heavy atom. The number of rotatable bonds is 4. The van der Waals surface area contributed by atoms with Crippen molar-refractivity contribution in [1.82, 2.24) is 4.98 Å². The Morgan fingerprint density at radius 3 is 2.56 bits per heavy atom. The van der Waals surface area contributed by atoms with Crippen LogP contribution in [0.25, 0.3) is 0 Å². The van der Waals surface area contributed by atoms with E-state index in [4.69, 9.17) is 4.99 Å². The van der Waals surface area contributed by atoms with E-state index in [-0.39, 0.29) is 17.9 Å². The highest BCUT2D eigenvalue weighted by atomic mass is 19.3. The lowest BCUT2D eigenvalue weighted by molar-refractivity contribution is 0.145. The van der Waals surface area contributed by atoms with Crippen molar-refractivity contribution in [3.63, 3.8) is 0 Å². The van der Waals surface area contributed by atoms with E-state index < -0.39 is 23.7 Å². The predicted octanol–water partition coefficient (Wildman–Crippen LogP) is 5.19. The van der Waals surface area contributed by atoms with E-state index in [0.717, 1.165) is 6.07 Å². The number of pyridine rings is 1. The van der Waals surface area contributed by atoms with Gasteiger partial charge in [0, 0.05) is 23.9 Å². The molecule has 0 aliphatic carbocycles. The van der Waals surface area contributed by atoms with Crippen molar-refractivity contribution in [1.29, 1.82) is 0 Å². The van der Waals surface area contributed by atoms with Crippen molar-refractivity contribution < 1.29 is 17.6 Å². The highest BCUT2D eigenvalue weighted by Gasteiger charge is 2.37. The van der Waals surface area contributed by atoms with Crippen molar-refractivity contribution in [3.05, 3.63) is 71.1 Å². The van der Waals surface area contributed by atoms with Crippen LogP contribution < -0.4 is 4.90 Å². The maximum Gasteiger partial charge on any atom is 0.280 e. The molecule has 7 heteroatoms. The number of alkyl halides is 2. The molecule has 0 fully saturated rings. The van der Waals surface area contributed by atoms with Gasteiger partial charge in [-0.25, -0.2) is 17.6 Å². The molecule has 2 aromatic rings. The van der Waals surface area contributed by atoms with Crippen molar-refractivity contribution in [2.24, 2.45) is 4.99 Å². The first-order chi connectivity index (χ1) is 12.7. The lowest BCUT2D eigenvalue weighted by Gasteiger charge is -2.42. The highest BCUT2D eigenvalue weighted by Crippen LogP contribution is 2.38. The van der Waals surface area contributed by atoms with Crippen LogP contribution in [0.4, 0.5) is 23.2 Å². The van der Waals surface area contributed by atoms with Crippen molar-refractivity contribution in [2.45, 2.75) is 32.9 Å². The molecule has 27 heavy (non-hydrogen) atoms. The second kappa shape index (κ2) is 6.79. The minimum atomic E-state index is -2.69. The van der Waals surface area contributed by atoms with Crippen molar-refractivity contribution >= 4 is 11.4 Å². The van der Waals surface area contributed by atoms with E-state index in [1.165, 1.54) is 25.3 Å². The number of hydrogen-bond acceptors (Lipinski definition) is 3. The number of fused-ring (bicyclic) bond motifs is 1. The molecule has 1 aromatic heterocycles. The largest absolute Gasteiger partial charge is 0.341 e. The molecule has 142 valence electrons. The zero-order valence-corrected chi connectivity index (χ0v) is 15.2. The summed E-state index contributed by atoms with van der Waals surface area (Å²) in [6.07, 6.45) is 0.183. The summed E-state index contributed by atoms with van der Waals surface area (Å²) < 4.78 is 54.7. The van der Waals surface area contributed by atoms with Gasteiger partial charge in [-0.1, -0.05) is 6.08 Å². The smallest absolute Gasteiger partial charge is 0.280 e. The number of aryl methyl sites for hydroxylation is 1. The Balaban J connectivity index is 2.25. The van der Waals surface area contributed by atoms with E-state index in [2.05, 4.69) is 11.6 Å². The molecular formula is C20H19F4N3. The fourth-order valence-corrected chi connectivity index (χ4v) is 3.27. The topological polar surface area (TPSA) is 28.5 Å². The lowest BCUT2D eigenvalue weighted by atomic mass is 9.94. The van der Waals surface area contributed by atoms with Gasteiger partial charge >= 0.3 is 0 Å². The molecule has 0 saturated heterocycles. The van der Waals surface area contributed by atoms with Crippen LogP contribution in [0.3, 0.4) is 0 Å². The molecular weight excluding hydrogens is 358 g/mol. The average molecular weight is 377 g/mol. The Bertz CT molecular complexity index is 935. The van der Waals surface area contributed by atoms with Gasteiger partial charge in [0.05, 0.1) is 11.4 Å². The van der Waals surface area contributed by atoms with Crippen LogP contribution in [-0.2, 0) is 0 Å². The molecule has 0 spiro atoms. The minimum Gasteiger partial charge on any atom is -0.341 e. The van der Waals surface area contributed by atoms with Gasteiger partial charge in [0.25, 0.3) is 6.43 Å². The molecule has 0 radical (unpaired) electrons. The third-order valence-corrected chi connectivity index (χ3v) is 4.55. The van der Waals surface area contributed by atoms with E-state index in [1.54, 1.807) is 24.8 Å². The van der Waals surface area contributed by atoms with Crippen LogP contribution in [0.5, 0.6) is 0 Å². The van der Waals surface area contributed by atoms with Gasteiger partial charge in [-0.15, -0.1) is 6.58 Å². The maximum atomic E-state index is 14.7. The molecule has 1 aliphatic heterocycles. The Hall–Kier alpha value is -2.70. The Labute approximate surface area is 155 Å². The van der Waals surface area contributed by atoms with Crippen LogP contribution >= 0.6 is 0 Å². The summed E-state index contributed by atoms with van der Waals surface area (Å²) >= 11 is 0. The molecule has 1 aliphatic rings. The summed E-state index contributed by atoms with van der Waals surface area (Å²) in [7, 11) is 0. The summed E-state index contributed by atoms with van der Waals surface area (Å²) in [5.74, 6) is -1.95. The van der Waals surface area contributed by atoms with Crippen LogP contribution in [0, 0.1) is 18.6 Å². The van der Waals surface area contributed by atoms with Gasteiger partial charge in [0.1, 0.15) is 11.4 Å². The van der Waals surface area contributed by atoms with Gasteiger partial charge < -0.3 is 4.90 Å². The van der Waals surface area contributed by atoms with Gasteiger partial charge in [-0.3, -0.25) is 9.98 Å². The van der Waals surface area contributed by atoms with Gasteiger partial charge in [0.2, 0.25) is 0 Å². The first-order valence-electron chi connectivity index (χ1n) is 8.39. The summed E-state index contributed by atoms with van der Waals surface area (Å²) in [5.41, 5.74) is 0.386. The van der Waals surface area contributed by atoms with Crippen LogP contribution in [0.15, 0.2) is 42.0 Å². The maximum absolute atomic E-state index is 14.7. The standard InChI is InChI=1S/C20H19F4N3/c1-5-8-27-18-13(6-7-14(21)15(18)22)17(26-20(27,3)4)12-9-11(2)16(19(23)24)25-10-12/h5-7,9-10,19H,1,8H2,2-4H3. The van der Waals surface area contributed by atoms with Crippen molar-refractivity contribution in [3.8, 4) is 0 Å². The summed E-state index contributed by atoms with van der Waals surface area (Å²) in [5, 5.41) is 0. The molecule has 3 rings (SSSR count). The second-order valence-corrected chi connectivity index (χ2v) is 6.84. The van der Waals surface area contributed by atoms with Crippen LogP contribution in [-0.4, -0.2) is 22.9 Å². The SMILES string of the molecule is C=CCN1c2c(ccc(F)c2F)C(c2cnc(C(F)F)c(C)c2)=NC1(C)C. The lowest BCUT2D eigenvalue weighted by Crippen LogP contribution is -2.47. The number of anilines is 1. The third-order valence-electron chi connectivity index (χ3n) is 4.55. The highest BCUT2D eigenvalue weighted by molar-refractivity contribution is 6.17. The number of aromatic nitrogens is 1. The van der Waals surface area contributed by atoms with E-state index in [9.17, 15) is 17.6 Å². The molecule has 0 atom stereocenters. The van der Waals surface area contributed by atoms with E-state index in [1.807, 2.05) is 0 Å². The van der Waals surface area contributed by atoms with Gasteiger partial charge in [-0.05, 0) is 44.5 Å². The van der Waals surface area contributed by atoms with E-state index in [0.29, 0.717) is 22.4 Å². The quantitative estimate of drug-likeness (QED) is 0.542. The number of aliphatic imine (C=N–C) groups is 1. The molecule has 0 saturated carbocycles. The van der Waals surface area contributed by atoms with Crippen molar-refractivity contribution in [2.75, 3.05) is 11.4 Å². The molecule has 2 heterocycles. The number of nitrogens with zero attached hydrogens (tertiary/aromatic N) is 3. The molecule has 0 amide bonds. The average Bonchev–Trinajstić information content (AvgIpc) is 2.59.